The second kappa shape index (κ2) is 5.75. The van der Waals surface area contributed by atoms with Crippen molar-refractivity contribution in [1.82, 2.24) is 10.2 Å². The molecule has 0 aliphatic heterocycles. The number of carbonyl (C=O) groups is 1. The second-order valence-corrected chi connectivity index (χ2v) is 4.60. The van der Waals surface area contributed by atoms with Gasteiger partial charge in [0, 0.05) is 12.2 Å². The minimum absolute atomic E-state index is 0.104. The van der Waals surface area contributed by atoms with E-state index in [1.165, 1.54) is 11.8 Å². The van der Waals surface area contributed by atoms with Crippen LogP contribution in [0.2, 0.25) is 0 Å². The molecule has 0 aliphatic rings. The van der Waals surface area contributed by atoms with Gasteiger partial charge in [-0.15, -0.1) is 10.2 Å². The molecule has 0 unspecified atom stereocenters. The molecular formula is C9H14N2O3S. The Kier molecular flexibility index (Phi) is 4.61. The summed E-state index contributed by atoms with van der Waals surface area (Å²) in [6.45, 7) is 4.14. The maximum absolute atomic E-state index is 10.3. The minimum atomic E-state index is -0.815. The Labute approximate surface area is 92.3 Å². The number of rotatable bonds is 6. The van der Waals surface area contributed by atoms with Gasteiger partial charge in [0.15, 0.2) is 0 Å². The Hall–Kier alpha value is -1.04. The van der Waals surface area contributed by atoms with E-state index >= 15 is 0 Å². The van der Waals surface area contributed by atoms with Crippen molar-refractivity contribution in [1.29, 1.82) is 0 Å². The Morgan fingerprint density at radius 1 is 1.53 bits per heavy atom. The third-order valence-corrected chi connectivity index (χ3v) is 2.39. The summed E-state index contributed by atoms with van der Waals surface area (Å²) in [5.74, 6) is 0.730. The van der Waals surface area contributed by atoms with Crippen LogP contribution in [0, 0.1) is 5.92 Å². The molecule has 0 atom stereocenters. The number of hydrogen-bond acceptors (Lipinski definition) is 5. The van der Waals surface area contributed by atoms with Gasteiger partial charge in [0.05, 0.1) is 6.42 Å². The summed E-state index contributed by atoms with van der Waals surface area (Å²) < 4.78 is 5.32. The average molecular weight is 230 g/mol. The fraction of sp³-hybridized carbons (Fsp3) is 0.667. The first-order valence-corrected chi connectivity index (χ1v) is 5.73. The third kappa shape index (κ3) is 4.83. The van der Waals surface area contributed by atoms with E-state index in [9.17, 15) is 4.79 Å². The van der Waals surface area contributed by atoms with Crippen molar-refractivity contribution in [3.63, 3.8) is 0 Å². The van der Waals surface area contributed by atoms with Crippen LogP contribution in [0.3, 0.4) is 0 Å². The summed E-state index contributed by atoms with van der Waals surface area (Å²) in [6, 6.07) is 0. The Bertz CT molecular complexity index is 325. The van der Waals surface area contributed by atoms with E-state index in [0.717, 1.165) is 6.42 Å². The average Bonchev–Trinajstić information content (AvgIpc) is 2.50. The monoisotopic (exact) mass is 230 g/mol. The lowest BCUT2D eigenvalue weighted by atomic mass is 10.1. The van der Waals surface area contributed by atoms with Gasteiger partial charge in [-0.3, -0.25) is 4.79 Å². The quantitative estimate of drug-likeness (QED) is 0.751. The second-order valence-electron chi connectivity index (χ2n) is 3.55. The summed E-state index contributed by atoms with van der Waals surface area (Å²) in [5.41, 5.74) is 0. The van der Waals surface area contributed by atoms with Gasteiger partial charge in [-0.05, 0) is 5.92 Å². The van der Waals surface area contributed by atoms with Crippen molar-refractivity contribution in [3.05, 3.63) is 5.89 Å². The van der Waals surface area contributed by atoms with E-state index in [2.05, 4.69) is 24.0 Å². The molecule has 5 nitrogen and oxygen atoms in total. The predicted octanol–water partition coefficient (Wildman–Crippen LogP) is 1.83. The lowest BCUT2D eigenvalue weighted by molar-refractivity contribution is -0.136. The molecule has 0 amide bonds. The van der Waals surface area contributed by atoms with E-state index < -0.39 is 5.97 Å². The van der Waals surface area contributed by atoms with Gasteiger partial charge in [0.25, 0.3) is 5.22 Å². The van der Waals surface area contributed by atoms with Crippen molar-refractivity contribution >= 4 is 17.7 Å². The van der Waals surface area contributed by atoms with Crippen molar-refractivity contribution in [2.75, 3.05) is 5.75 Å². The first-order valence-electron chi connectivity index (χ1n) is 4.75. The van der Waals surface area contributed by atoms with E-state index in [1.807, 2.05) is 0 Å². The number of thioether (sulfide) groups is 1. The summed E-state index contributed by atoms with van der Waals surface area (Å²) in [7, 11) is 0. The molecule has 0 saturated carbocycles. The zero-order chi connectivity index (χ0) is 11.3. The standard InChI is InChI=1S/C9H14N2O3S/c1-6(2)5-7-10-11-9(14-7)15-4-3-8(12)13/h6H,3-5H2,1-2H3,(H,12,13). The number of aliphatic carboxylic acids is 1. The molecular weight excluding hydrogens is 216 g/mol. The highest BCUT2D eigenvalue weighted by atomic mass is 32.2. The van der Waals surface area contributed by atoms with Crippen LogP contribution in [0.15, 0.2) is 9.64 Å². The van der Waals surface area contributed by atoms with Crippen molar-refractivity contribution in [3.8, 4) is 0 Å². The minimum Gasteiger partial charge on any atom is -0.481 e. The number of aromatic nitrogens is 2. The van der Waals surface area contributed by atoms with Crippen LogP contribution in [0.5, 0.6) is 0 Å². The van der Waals surface area contributed by atoms with Crippen LogP contribution in [-0.4, -0.2) is 27.0 Å². The van der Waals surface area contributed by atoms with E-state index in [0.29, 0.717) is 22.8 Å². The number of nitrogens with zero attached hydrogens (tertiary/aromatic N) is 2. The lowest BCUT2D eigenvalue weighted by Crippen LogP contribution is -1.95. The lowest BCUT2D eigenvalue weighted by Gasteiger charge is -1.96. The third-order valence-electron chi connectivity index (χ3n) is 1.57. The maximum Gasteiger partial charge on any atom is 0.304 e. The van der Waals surface area contributed by atoms with Crippen LogP contribution in [0.1, 0.15) is 26.2 Å². The Morgan fingerprint density at radius 2 is 2.27 bits per heavy atom. The molecule has 15 heavy (non-hydrogen) atoms. The van der Waals surface area contributed by atoms with Gasteiger partial charge < -0.3 is 9.52 Å². The summed E-state index contributed by atoms with van der Waals surface area (Å²) in [6.07, 6.45) is 0.860. The van der Waals surface area contributed by atoms with Gasteiger partial charge in [0.2, 0.25) is 5.89 Å². The zero-order valence-corrected chi connectivity index (χ0v) is 9.58. The van der Waals surface area contributed by atoms with Crippen molar-refractivity contribution in [2.45, 2.75) is 31.9 Å². The number of carboxylic acid groups (broad SMARTS) is 1. The maximum atomic E-state index is 10.3. The molecule has 6 heteroatoms. The molecule has 0 fully saturated rings. The van der Waals surface area contributed by atoms with Crippen LogP contribution >= 0.6 is 11.8 Å². The highest BCUT2D eigenvalue weighted by Gasteiger charge is 2.08. The zero-order valence-electron chi connectivity index (χ0n) is 8.77. The number of carboxylic acids is 1. The van der Waals surface area contributed by atoms with Gasteiger partial charge in [0.1, 0.15) is 0 Å². The molecule has 0 saturated heterocycles. The van der Waals surface area contributed by atoms with Gasteiger partial charge in [-0.2, -0.15) is 0 Å². The summed E-state index contributed by atoms with van der Waals surface area (Å²) in [4.78, 5) is 10.3. The van der Waals surface area contributed by atoms with Gasteiger partial charge in [-0.1, -0.05) is 25.6 Å². The topological polar surface area (TPSA) is 76.2 Å². The molecule has 1 N–H and O–H groups in total. The van der Waals surface area contributed by atoms with Crippen LogP contribution in [0.4, 0.5) is 0 Å². The molecule has 0 radical (unpaired) electrons. The molecule has 0 aromatic carbocycles. The highest BCUT2D eigenvalue weighted by Crippen LogP contribution is 2.18. The van der Waals surface area contributed by atoms with E-state index in [-0.39, 0.29) is 6.42 Å². The number of hydrogen-bond donors (Lipinski definition) is 1. The predicted molar refractivity (Wildman–Crippen MR) is 55.8 cm³/mol. The summed E-state index contributed by atoms with van der Waals surface area (Å²) in [5, 5.41) is 16.6. The van der Waals surface area contributed by atoms with Crippen LogP contribution in [-0.2, 0) is 11.2 Å². The fourth-order valence-electron chi connectivity index (χ4n) is 0.954. The molecule has 1 aromatic rings. The molecule has 1 aromatic heterocycles. The normalized spacial score (nSPS) is 10.9. The van der Waals surface area contributed by atoms with E-state index in [4.69, 9.17) is 9.52 Å². The van der Waals surface area contributed by atoms with Gasteiger partial charge in [-0.25, -0.2) is 0 Å². The Morgan fingerprint density at radius 3 is 2.87 bits per heavy atom. The molecule has 84 valence electrons. The largest absolute Gasteiger partial charge is 0.481 e. The Balaban J connectivity index is 2.36. The molecule has 1 rings (SSSR count). The van der Waals surface area contributed by atoms with Crippen molar-refractivity contribution < 1.29 is 14.3 Å². The SMILES string of the molecule is CC(C)Cc1nnc(SCCC(=O)O)o1. The molecule has 1 heterocycles. The van der Waals surface area contributed by atoms with Crippen LogP contribution in [0.25, 0.3) is 0 Å². The summed E-state index contributed by atoms with van der Waals surface area (Å²) >= 11 is 1.28. The fourth-order valence-corrected chi connectivity index (χ4v) is 1.66. The first kappa shape index (κ1) is 12.0. The smallest absolute Gasteiger partial charge is 0.304 e. The van der Waals surface area contributed by atoms with E-state index in [1.54, 1.807) is 0 Å². The van der Waals surface area contributed by atoms with Crippen LogP contribution < -0.4 is 0 Å². The molecule has 0 bridgehead atoms. The van der Waals surface area contributed by atoms with Gasteiger partial charge >= 0.3 is 5.97 Å². The highest BCUT2D eigenvalue weighted by molar-refractivity contribution is 7.99. The first-order chi connectivity index (χ1) is 7.08. The molecule has 0 aliphatic carbocycles. The van der Waals surface area contributed by atoms with Crippen molar-refractivity contribution in [2.24, 2.45) is 5.92 Å². The molecule has 0 spiro atoms.